The Kier molecular flexibility index (Phi) is 6.04. The molecular weight excluding hydrogens is 396 g/mol. The number of urea groups is 1. The van der Waals surface area contributed by atoms with Crippen LogP contribution in [-0.4, -0.2) is 38.1 Å². The maximum Gasteiger partial charge on any atom is 0.319 e. The average Bonchev–Trinajstić information content (AvgIpc) is 2.74. The number of hydrogen-bond acceptors (Lipinski definition) is 5. The minimum absolute atomic E-state index is 0.286. The van der Waals surface area contributed by atoms with E-state index in [0.29, 0.717) is 44.4 Å². The molecule has 0 bridgehead atoms. The molecular formula is C20H19ClN4O4. The first-order chi connectivity index (χ1) is 14.0. The van der Waals surface area contributed by atoms with Crippen LogP contribution in [0.4, 0.5) is 10.5 Å². The number of carbonyl (C=O) groups is 2. The predicted molar refractivity (Wildman–Crippen MR) is 111 cm³/mol. The molecule has 0 atom stereocenters. The number of carbonyl (C=O) groups excluding carboxylic acids is 2. The molecule has 3 amide bonds. The van der Waals surface area contributed by atoms with Crippen molar-refractivity contribution in [3.63, 3.8) is 0 Å². The van der Waals surface area contributed by atoms with Gasteiger partial charge in [0.25, 0.3) is 5.91 Å². The topological polar surface area (TPSA) is 102 Å². The maximum atomic E-state index is 12.2. The van der Waals surface area contributed by atoms with E-state index in [-0.39, 0.29) is 11.9 Å². The fourth-order valence-electron chi connectivity index (χ4n) is 2.69. The van der Waals surface area contributed by atoms with E-state index in [9.17, 15) is 9.59 Å². The number of nitrogens with one attached hydrogen (secondary N) is 3. The summed E-state index contributed by atoms with van der Waals surface area (Å²) < 4.78 is 11.3. The maximum absolute atomic E-state index is 12.2. The van der Waals surface area contributed by atoms with Gasteiger partial charge in [-0.1, -0.05) is 11.6 Å². The molecule has 0 spiro atoms. The third kappa shape index (κ3) is 4.33. The molecule has 0 saturated heterocycles. The first-order valence-electron chi connectivity index (χ1n) is 8.61. The van der Waals surface area contributed by atoms with Crippen LogP contribution in [0, 0.1) is 0 Å². The highest BCUT2D eigenvalue weighted by molar-refractivity contribution is 6.33. The van der Waals surface area contributed by atoms with Gasteiger partial charge in [-0.15, -0.1) is 0 Å². The molecule has 0 aliphatic carbocycles. The Morgan fingerprint density at radius 2 is 1.83 bits per heavy atom. The summed E-state index contributed by atoms with van der Waals surface area (Å²) in [6.45, 7) is 0. The van der Waals surface area contributed by atoms with Crippen LogP contribution in [0.1, 0.15) is 10.4 Å². The van der Waals surface area contributed by atoms with Crippen LogP contribution in [0.5, 0.6) is 17.2 Å². The van der Waals surface area contributed by atoms with Gasteiger partial charge in [0.1, 0.15) is 17.2 Å². The molecule has 150 valence electrons. The van der Waals surface area contributed by atoms with Crippen molar-refractivity contribution in [2.75, 3.05) is 26.5 Å². The van der Waals surface area contributed by atoms with Crippen LogP contribution in [0.2, 0.25) is 5.02 Å². The van der Waals surface area contributed by atoms with E-state index in [1.807, 2.05) is 0 Å². The van der Waals surface area contributed by atoms with Crippen molar-refractivity contribution in [3.05, 3.63) is 53.2 Å². The highest BCUT2D eigenvalue weighted by Crippen LogP contribution is 2.35. The van der Waals surface area contributed by atoms with Crippen LogP contribution in [0.15, 0.2) is 42.6 Å². The minimum Gasteiger partial charge on any atom is -0.496 e. The smallest absolute Gasteiger partial charge is 0.319 e. The molecule has 0 fully saturated rings. The number of anilines is 1. The Balaban J connectivity index is 1.99. The van der Waals surface area contributed by atoms with Gasteiger partial charge in [0.15, 0.2) is 0 Å². The van der Waals surface area contributed by atoms with Crippen molar-refractivity contribution in [1.29, 1.82) is 0 Å². The Hall–Kier alpha value is -3.52. The van der Waals surface area contributed by atoms with Crippen molar-refractivity contribution in [1.82, 2.24) is 15.6 Å². The Labute approximate surface area is 172 Å². The number of nitrogens with zero attached hydrogens (tertiary/aromatic N) is 1. The van der Waals surface area contributed by atoms with E-state index < -0.39 is 0 Å². The van der Waals surface area contributed by atoms with Crippen LogP contribution >= 0.6 is 11.6 Å². The van der Waals surface area contributed by atoms with E-state index in [1.54, 1.807) is 49.6 Å². The molecule has 2 aromatic carbocycles. The predicted octanol–water partition coefficient (Wildman–Crippen LogP) is 3.80. The number of amides is 3. The molecule has 3 aromatic rings. The first kappa shape index (κ1) is 20.2. The lowest BCUT2D eigenvalue weighted by Gasteiger charge is -2.13. The summed E-state index contributed by atoms with van der Waals surface area (Å²) in [7, 11) is 4.55. The summed E-state index contributed by atoms with van der Waals surface area (Å²) in [5.74, 6) is 1.08. The van der Waals surface area contributed by atoms with Crippen LogP contribution in [-0.2, 0) is 0 Å². The summed E-state index contributed by atoms with van der Waals surface area (Å²) in [4.78, 5) is 28.0. The van der Waals surface area contributed by atoms with E-state index in [4.69, 9.17) is 21.1 Å². The summed E-state index contributed by atoms with van der Waals surface area (Å²) in [5.41, 5.74) is 1.42. The second-order valence-electron chi connectivity index (χ2n) is 5.91. The van der Waals surface area contributed by atoms with Crippen LogP contribution in [0.3, 0.4) is 0 Å². The van der Waals surface area contributed by atoms with Gasteiger partial charge >= 0.3 is 6.03 Å². The van der Waals surface area contributed by atoms with E-state index >= 15 is 0 Å². The Morgan fingerprint density at radius 1 is 1.03 bits per heavy atom. The SMILES string of the molecule is CNC(=O)Nc1ccc(Oc2ccnc3cc(OC)c(C(=O)NC)cc23)cc1Cl. The van der Waals surface area contributed by atoms with Gasteiger partial charge < -0.3 is 25.4 Å². The molecule has 8 nitrogen and oxygen atoms in total. The van der Waals surface area contributed by atoms with Gasteiger partial charge in [-0.3, -0.25) is 9.78 Å². The second kappa shape index (κ2) is 8.66. The molecule has 0 radical (unpaired) electrons. The zero-order valence-corrected chi connectivity index (χ0v) is 16.8. The molecule has 0 unspecified atom stereocenters. The van der Waals surface area contributed by atoms with E-state index in [0.717, 1.165) is 0 Å². The first-order valence-corrected chi connectivity index (χ1v) is 8.99. The fourth-order valence-corrected chi connectivity index (χ4v) is 2.91. The zero-order chi connectivity index (χ0) is 21.0. The number of benzene rings is 2. The summed E-state index contributed by atoms with van der Waals surface area (Å²) in [6.07, 6.45) is 1.60. The third-order valence-electron chi connectivity index (χ3n) is 4.14. The molecule has 1 aromatic heterocycles. The molecule has 0 aliphatic rings. The molecule has 3 rings (SSSR count). The minimum atomic E-state index is -0.378. The molecule has 0 saturated carbocycles. The largest absolute Gasteiger partial charge is 0.496 e. The number of halogens is 1. The standard InChI is InChI=1S/C20H19ClN4O4/c1-22-19(26)13-9-12-16(10-18(13)28-3)24-7-6-17(12)29-11-4-5-15(14(21)8-11)25-20(27)23-2/h4-10H,1-3H3,(H,22,26)(H2,23,25,27). The quantitative estimate of drug-likeness (QED) is 0.589. The lowest BCUT2D eigenvalue weighted by Crippen LogP contribution is -2.24. The van der Waals surface area contributed by atoms with E-state index in [2.05, 4.69) is 20.9 Å². The fraction of sp³-hybridized carbons (Fsp3) is 0.150. The van der Waals surface area contributed by atoms with Crippen molar-refractivity contribution < 1.29 is 19.1 Å². The number of methoxy groups -OCH3 is 1. The van der Waals surface area contributed by atoms with Crippen LogP contribution in [0.25, 0.3) is 10.9 Å². The number of pyridine rings is 1. The van der Waals surface area contributed by atoms with Crippen molar-refractivity contribution >= 4 is 40.1 Å². The van der Waals surface area contributed by atoms with E-state index in [1.165, 1.54) is 14.2 Å². The summed E-state index contributed by atoms with van der Waals surface area (Å²) >= 11 is 6.24. The van der Waals surface area contributed by atoms with Gasteiger partial charge in [0.2, 0.25) is 0 Å². The highest BCUT2D eigenvalue weighted by Gasteiger charge is 2.16. The van der Waals surface area contributed by atoms with Crippen molar-refractivity contribution in [3.8, 4) is 17.2 Å². The highest BCUT2D eigenvalue weighted by atomic mass is 35.5. The van der Waals surface area contributed by atoms with Crippen LogP contribution < -0.4 is 25.4 Å². The second-order valence-corrected chi connectivity index (χ2v) is 6.31. The summed E-state index contributed by atoms with van der Waals surface area (Å²) in [5, 5.41) is 8.61. The molecule has 29 heavy (non-hydrogen) atoms. The monoisotopic (exact) mass is 414 g/mol. The number of fused-ring (bicyclic) bond motifs is 1. The Morgan fingerprint density at radius 3 is 2.48 bits per heavy atom. The molecule has 0 aliphatic heterocycles. The normalized spacial score (nSPS) is 10.3. The molecule has 3 N–H and O–H groups in total. The molecule has 1 heterocycles. The van der Waals surface area contributed by atoms with Gasteiger partial charge in [0, 0.05) is 37.8 Å². The molecule has 9 heteroatoms. The van der Waals surface area contributed by atoms with Gasteiger partial charge in [0.05, 0.1) is 28.9 Å². The third-order valence-corrected chi connectivity index (χ3v) is 4.45. The van der Waals surface area contributed by atoms with Crippen molar-refractivity contribution in [2.24, 2.45) is 0 Å². The van der Waals surface area contributed by atoms with Gasteiger partial charge in [-0.2, -0.15) is 0 Å². The number of hydrogen-bond donors (Lipinski definition) is 3. The lowest BCUT2D eigenvalue weighted by atomic mass is 10.1. The summed E-state index contributed by atoms with van der Waals surface area (Å²) in [6, 6.07) is 9.54. The number of ether oxygens (including phenoxy) is 2. The van der Waals surface area contributed by atoms with Crippen molar-refractivity contribution in [2.45, 2.75) is 0 Å². The van der Waals surface area contributed by atoms with Gasteiger partial charge in [-0.25, -0.2) is 4.79 Å². The Bertz CT molecular complexity index is 1090. The van der Waals surface area contributed by atoms with Gasteiger partial charge in [-0.05, 0) is 24.3 Å². The number of aromatic nitrogens is 1. The zero-order valence-electron chi connectivity index (χ0n) is 16.0. The number of rotatable bonds is 5. The average molecular weight is 415 g/mol. The lowest BCUT2D eigenvalue weighted by molar-refractivity contribution is 0.0960.